The number of hydrogen-bond acceptors (Lipinski definition) is 5. The van der Waals surface area contributed by atoms with Gasteiger partial charge in [0.15, 0.2) is 0 Å². The molecule has 0 atom stereocenters. The standard InChI is InChI=1S/C18H22ClN5O/c1-3-23-8-10-24(11-9-23)18(25)16-12-17(21-13(2)20-16)22-15-6-4-14(19)5-7-15/h4-7,12H,3,8-11H2,1-2H3,(H,20,21,22). The molecule has 1 fully saturated rings. The van der Waals surface area contributed by atoms with Crippen molar-refractivity contribution < 1.29 is 4.79 Å². The Bertz CT molecular complexity index is 742. The van der Waals surface area contributed by atoms with Crippen LogP contribution in [0, 0.1) is 6.92 Å². The van der Waals surface area contributed by atoms with Crippen LogP contribution in [0.1, 0.15) is 23.2 Å². The number of amides is 1. The van der Waals surface area contributed by atoms with Gasteiger partial charge in [0, 0.05) is 43.0 Å². The van der Waals surface area contributed by atoms with Gasteiger partial charge in [0.25, 0.3) is 5.91 Å². The third-order valence-electron chi connectivity index (χ3n) is 4.28. The van der Waals surface area contributed by atoms with Gasteiger partial charge >= 0.3 is 0 Å². The average Bonchev–Trinajstić information content (AvgIpc) is 2.62. The molecule has 0 saturated carbocycles. The van der Waals surface area contributed by atoms with Gasteiger partial charge in [-0.3, -0.25) is 4.79 Å². The average molecular weight is 360 g/mol. The second-order valence-corrected chi connectivity index (χ2v) is 6.48. The molecule has 7 heteroatoms. The molecule has 1 amide bonds. The van der Waals surface area contributed by atoms with Crippen molar-refractivity contribution in [3.63, 3.8) is 0 Å². The molecular formula is C18H22ClN5O. The van der Waals surface area contributed by atoms with E-state index in [-0.39, 0.29) is 5.91 Å². The van der Waals surface area contributed by atoms with Crippen molar-refractivity contribution in [2.75, 3.05) is 38.0 Å². The molecule has 0 aliphatic carbocycles. The highest BCUT2D eigenvalue weighted by atomic mass is 35.5. The number of piperazine rings is 1. The van der Waals surface area contributed by atoms with Crippen LogP contribution < -0.4 is 5.32 Å². The van der Waals surface area contributed by atoms with Crippen LogP contribution in [0.4, 0.5) is 11.5 Å². The summed E-state index contributed by atoms with van der Waals surface area (Å²) in [5, 5.41) is 3.87. The van der Waals surface area contributed by atoms with Crippen molar-refractivity contribution in [3.05, 3.63) is 46.9 Å². The summed E-state index contributed by atoms with van der Waals surface area (Å²) >= 11 is 5.91. The predicted molar refractivity (Wildman–Crippen MR) is 99.5 cm³/mol. The Hall–Kier alpha value is -2.18. The van der Waals surface area contributed by atoms with Crippen LogP contribution >= 0.6 is 11.6 Å². The molecule has 6 nitrogen and oxygen atoms in total. The van der Waals surface area contributed by atoms with Gasteiger partial charge in [0.2, 0.25) is 0 Å². The summed E-state index contributed by atoms with van der Waals surface area (Å²) < 4.78 is 0. The van der Waals surface area contributed by atoms with Gasteiger partial charge in [0.1, 0.15) is 17.3 Å². The van der Waals surface area contributed by atoms with Crippen LogP contribution in [0.25, 0.3) is 0 Å². The molecule has 1 N–H and O–H groups in total. The molecule has 0 spiro atoms. The summed E-state index contributed by atoms with van der Waals surface area (Å²) in [6, 6.07) is 9.04. The van der Waals surface area contributed by atoms with Crippen molar-refractivity contribution in [1.29, 1.82) is 0 Å². The van der Waals surface area contributed by atoms with E-state index in [1.165, 1.54) is 0 Å². The molecule has 1 aromatic carbocycles. The van der Waals surface area contributed by atoms with Crippen LogP contribution in [0.3, 0.4) is 0 Å². The fraction of sp³-hybridized carbons (Fsp3) is 0.389. The Morgan fingerprint density at radius 2 is 1.84 bits per heavy atom. The molecule has 0 unspecified atom stereocenters. The van der Waals surface area contributed by atoms with Crippen LogP contribution in [-0.2, 0) is 0 Å². The molecule has 0 bridgehead atoms. The summed E-state index contributed by atoms with van der Waals surface area (Å²) in [6.45, 7) is 8.22. The Balaban J connectivity index is 1.74. The van der Waals surface area contributed by atoms with Crippen molar-refractivity contribution in [1.82, 2.24) is 19.8 Å². The number of aromatic nitrogens is 2. The summed E-state index contributed by atoms with van der Waals surface area (Å²) in [7, 11) is 0. The number of anilines is 2. The number of carbonyl (C=O) groups excluding carboxylic acids is 1. The van der Waals surface area contributed by atoms with Gasteiger partial charge in [-0.1, -0.05) is 18.5 Å². The van der Waals surface area contributed by atoms with E-state index in [0.29, 0.717) is 22.4 Å². The molecule has 0 radical (unpaired) electrons. The lowest BCUT2D eigenvalue weighted by Gasteiger charge is -2.33. The molecule has 1 saturated heterocycles. The van der Waals surface area contributed by atoms with Crippen molar-refractivity contribution in [3.8, 4) is 0 Å². The maximum absolute atomic E-state index is 12.8. The highest BCUT2D eigenvalue weighted by Gasteiger charge is 2.23. The lowest BCUT2D eigenvalue weighted by molar-refractivity contribution is 0.0637. The van der Waals surface area contributed by atoms with E-state index in [1.54, 1.807) is 25.1 Å². The summed E-state index contributed by atoms with van der Waals surface area (Å²) in [4.78, 5) is 25.7. The highest BCUT2D eigenvalue weighted by Crippen LogP contribution is 2.19. The fourth-order valence-electron chi connectivity index (χ4n) is 2.85. The van der Waals surface area contributed by atoms with E-state index in [4.69, 9.17) is 11.6 Å². The minimum Gasteiger partial charge on any atom is -0.340 e. The smallest absolute Gasteiger partial charge is 0.272 e. The monoisotopic (exact) mass is 359 g/mol. The maximum atomic E-state index is 12.8. The minimum atomic E-state index is -0.0413. The van der Waals surface area contributed by atoms with E-state index in [9.17, 15) is 4.79 Å². The van der Waals surface area contributed by atoms with Gasteiger partial charge < -0.3 is 15.1 Å². The molecular weight excluding hydrogens is 338 g/mol. The number of aryl methyl sites for hydroxylation is 1. The molecule has 3 rings (SSSR count). The van der Waals surface area contributed by atoms with Crippen LogP contribution in [0.15, 0.2) is 30.3 Å². The lowest BCUT2D eigenvalue weighted by Crippen LogP contribution is -2.48. The zero-order valence-electron chi connectivity index (χ0n) is 14.5. The topological polar surface area (TPSA) is 61.4 Å². The molecule has 2 aromatic rings. The molecule has 1 aromatic heterocycles. The van der Waals surface area contributed by atoms with Gasteiger partial charge in [-0.15, -0.1) is 0 Å². The first kappa shape index (κ1) is 17.6. The first-order valence-corrected chi connectivity index (χ1v) is 8.83. The molecule has 1 aliphatic rings. The molecule has 132 valence electrons. The maximum Gasteiger partial charge on any atom is 0.272 e. The number of nitrogens with one attached hydrogen (secondary N) is 1. The zero-order valence-corrected chi connectivity index (χ0v) is 15.3. The number of rotatable bonds is 4. The van der Waals surface area contributed by atoms with E-state index < -0.39 is 0 Å². The Kier molecular flexibility index (Phi) is 5.50. The fourth-order valence-corrected chi connectivity index (χ4v) is 2.98. The zero-order chi connectivity index (χ0) is 17.8. The molecule has 25 heavy (non-hydrogen) atoms. The Labute approximate surface area is 152 Å². The van der Waals surface area contributed by atoms with Crippen LogP contribution in [0.2, 0.25) is 5.02 Å². The predicted octanol–water partition coefficient (Wildman–Crippen LogP) is 2.96. The first-order chi connectivity index (χ1) is 12.0. The summed E-state index contributed by atoms with van der Waals surface area (Å²) in [5.74, 6) is 1.13. The summed E-state index contributed by atoms with van der Waals surface area (Å²) in [5.41, 5.74) is 1.28. The normalized spacial score (nSPS) is 15.2. The van der Waals surface area contributed by atoms with Crippen molar-refractivity contribution in [2.24, 2.45) is 0 Å². The lowest BCUT2D eigenvalue weighted by atomic mass is 10.2. The van der Waals surface area contributed by atoms with Gasteiger partial charge in [-0.25, -0.2) is 9.97 Å². The third-order valence-corrected chi connectivity index (χ3v) is 4.53. The quantitative estimate of drug-likeness (QED) is 0.909. The molecule has 2 heterocycles. The van der Waals surface area contributed by atoms with Gasteiger partial charge in [-0.05, 0) is 37.7 Å². The number of likely N-dealkylation sites (N-methyl/N-ethyl adjacent to an activating group) is 1. The van der Waals surface area contributed by atoms with Crippen LogP contribution in [-0.4, -0.2) is 58.4 Å². The highest BCUT2D eigenvalue weighted by molar-refractivity contribution is 6.30. The Morgan fingerprint density at radius 1 is 1.16 bits per heavy atom. The first-order valence-electron chi connectivity index (χ1n) is 8.45. The van der Waals surface area contributed by atoms with Crippen molar-refractivity contribution in [2.45, 2.75) is 13.8 Å². The molecule has 1 aliphatic heterocycles. The van der Waals surface area contributed by atoms with E-state index in [0.717, 1.165) is 38.4 Å². The van der Waals surface area contributed by atoms with E-state index >= 15 is 0 Å². The number of halogens is 1. The Morgan fingerprint density at radius 3 is 2.48 bits per heavy atom. The number of benzene rings is 1. The van der Waals surface area contributed by atoms with E-state index in [2.05, 4.69) is 27.1 Å². The van der Waals surface area contributed by atoms with Gasteiger partial charge in [-0.2, -0.15) is 0 Å². The van der Waals surface area contributed by atoms with E-state index in [1.807, 2.05) is 17.0 Å². The largest absolute Gasteiger partial charge is 0.340 e. The second-order valence-electron chi connectivity index (χ2n) is 6.04. The van der Waals surface area contributed by atoms with Crippen LogP contribution in [0.5, 0.6) is 0 Å². The van der Waals surface area contributed by atoms with Crippen molar-refractivity contribution >= 4 is 29.0 Å². The second kappa shape index (κ2) is 7.80. The number of hydrogen-bond donors (Lipinski definition) is 1. The number of nitrogens with zero attached hydrogens (tertiary/aromatic N) is 4. The van der Waals surface area contributed by atoms with Gasteiger partial charge in [0.05, 0.1) is 0 Å². The third kappa shape index (κ3) is 4.46. The number of carbonyl (C=O) groups is 1. The minimum absolute atomic E-state index is 0.0413. The summed E-state index contributed by atoms with van der Waals surface area (Å²) in [6.07, 6.45) is 0. The SMILES string of the molecule is CCN1CCN(C(=O)c2cc(Nc3ccc(Cl)cc3)nc(C)n2)CC1.